The molecule has 0 spiro atoms. The highest BCUT2D eigenvalue weighted by Crippen LogP contribution is 2.33. The van der Waals surface area contributed by atoms with Crippen molar-refractivity contribution in [3.8, 4) is 0 Å². The molecular weight excluding hydrogens is 381 g/mol. The number of ether oxygens (including phenoxy) is 1. The van der Waals surface area contributed by atoms with Crippen LogP contribution in [-0.4, -0.2) is 73.2 Å². The van der Waals surface area contributed by atoms with E-state index in [1.807, 2.05) is 4.90 Å². The minimum absolute atomic E-state index is 0.100. The lowest BCUT2D eigenvalue weighted by Gasteiger charge is -2.36. The molecule has 3 rings (SSSR count). The van der Waals surface area contributed by atoms with Gasteiger partial charge in [0.25, 0.3) is 0 Å². The molecule has 2 fully saturated rings. The zero-order valence-corrected chi connectivity index (χ0v) is 16.4. The summed E-state index contributed by atoms with van der Waals surface area (Å²) in [6.45, 7) is 3.40. The van der Waals surface area contributed by atoms with Crippen molar-refractivity contribution in [3.05, 3.63) is 29.6 Å². The Hall–Kier alpha value is -2.68. The number of rotatable bonds is 6. The number of piperazine rings is 1. The van der Waals surface area contributed by atoms with Gasteiger partial charge in [-0.15, -0.1) is 0 Å². The number of nitrogens with one attached hydrogen (secondary N) is 1. The van der Waals surface area contributed by atoms with Gasteiger partial charge in [0.1, 0.15) is 11.9 Å². The van der Waals surface area contributed by atoms with Gasteiger partial charge in [-0.1, -0.05) is 6.07 Å². The zero-order chi connectivity index (χ0) is 21.0. The zero-order valence-electron chi connectivity index (χ0n) is 16.4. The van der Waals surface area contributed by atoms with Gasteiger partial charge in [0.05, 0.1) is 24.8 Å². The van der Waals surface area contributed by atoms with E-state index in [0.29, 0.717) is 43.9 Å². The molecule has 2 N–H and O–H groups in total. The van der Waals surface area contributed by atoms with E-state index in [9.17, 15) is 18.8 Å². The quantitative estimate of drug-likeness (QED) is 0.662. The number of hydrogen-bond donors (Lipinski definition) is 2. The van der Waals surface area contributed by atoms with Crippen LogP contribution in [0.2, 0.25) is 0 Å². The minimum Gasteiger partial charge on any atom is -0.460 e. The number of aliphatic hydroxyl groups is 1. The molecule has 9 heteroatoms. The largest absolute Gasteiger partial charge is 0.460 e. The molecule has 1 aromatic rings. The molecule has 2 aliphatic rings. The van der Waals surface area contributed by atoms with Crippen LogP contribution in [0.25, 0.3) is 0 Å². The van der Waals surface area contributed by atoms with Gasteiger partial charge in [-0.2, -0.15) is 0 Å². The van der Waals surface area contributed by atoms with Crippen molar-refractivity contribution in [3.63, 3.8) is 0 Å². The average Bonchev–Trinajstić information content (AvgIpc) is 3.07. The number of aliphatic hydroxyl groups excluding tert-OH is 1. The molecule has 0 aliphatic carbocycles. The molecular formula is C20H26FN3O5. The summed E-state index contributed by atoms with van der Waals surface area (Å²) in [6, 6.07) is 4.75. The first-order valence-electron chi connectivity index (χ1n) is 9.77. The molecule has 1 aromatic carbocycles. The summed E-state index contributed by atoms with van der Waals surface area (Å²) in [6.07, 6.45) is 0.0798. The van der Waals surface area contributed by atoms with Gasteiger partial charge in [0.2, 0.25) is 11.8 Å². The van der Waals surface area contributed by atoms with Crippen molar-refractivity contribution >= 4 is 23.5 Å². The smallest absolute Gasteiger partial charge is 0.313 e. The normalized spacial score (nSPS) is 21.8. The van der Waals surface area contributed by atoms with Crippen LogP contribution in [0, 0.1) is 5.82 Å². The fourth-order valence-electron chi connectivity index (χ4n) is 3.76. The Morgan fingerprint density at radius 3 is 2.62 bits per heavy atom. The van der Waals surface area contributed by atoms with Gasteiger partial charge in [0, 0.05) is 45.9 Å². The number of halogens is 1. The van der Waals surface area contributed by atoms with Crippen molar-refractivity contribution in [1.29, 1.82) is 0 Å². The number of cyclic esters (lactones) is 1. The maximum Gasteiger partial charge on any atom is 0.313 e. The highest BCUT2D eigenvalue weighted by molar-refractivity contribution is 5.81. The second-order valence-electron chi connectivity index (χ2n) is 7.34. The van der Waals surface area contributed by atoms with E-state index in [4.69, 9.17) is 9.84 Å². The Morgan fingerprint density at radius 1 is 1.28 bits per heavy atom. The Kier molecular flexibility index (Phi) is 6.68. The van der Waals surface area contributed by atoms with Crippen LogP contribution in [0.3, 0.4) is 0 Å². The Bertz CT molecular complexity index is 779. The maximum atomic E-state index is 14.8. The number of carbonyl (C=O) groups excluding carboxylic acids is 3. The molecule has 2 saturated heterocycles. The lowest BCUT2D eigenvalue weighted by atomic mass is 9.95. The third-order valence-corrected chi connectivity index (χ3v) is 5.32. The van der Waals surface area contributed by atoms with Gasteiger partial charge >= 0.3 is 5.97 Å². The van der Waals surface area contributed by atoms with Crippen LogP contribution in [0.4, 0.5) is 10.1 Å². The summed E-state index contributed by atoms with van der Waals surface area (Å²) < 4.78 is 20.1. The van der Waals surface area contributed by atoms with E-state index in [2.05, 4.69) is 5.32 Å². The lowest BCUT2D eigenvalue weighted by Crippen LogP contribution is -2.49. The molecule has 2 aliphatic heterocycles. The number of benzene rings is 1. The van der Waals surface area contributed by atoms with Crippen LogP contribution in [-0.2, 0) is 19.1 Å². The number of hydrogen-bond acceptors (Lipinski definition) is 6. The minimum atomic E-state index is -0.551. The number of esters is 1. The monoisotopic (exact) mass is 407 g/mol. The fourth-order valence-corrected chi connectivity index (χ4v) is 3.76. The van der Waals surface area contributed by atoms with Crippen molar-refractivity contribution in [2.75, 3.05) is 44.2 Å². The predicted molar refractivity (Wildman–Crippen MR) is 103 cm³/mol. The first-order chi connectivity index (χ1) is 13.9. The topological polar surface area (TPSA) is 99.2 Å². The van der Waals surface area contributed by atoms with Gasteiger partial charge in [-0.3, -0.25) is 14.4 Å². The number of carbonyl (C=O) groups is 3. The van der Waals surface area contributed by atoms with E-state index in [1.54, 1.807) is 17.0 Å². The molecule has 8 nitrogen and oxygen atoms in total. The van der Waals surface area contributed by atoms with E-state index in [1.165, 1.54) is 13.0 Å². The highest BCUT2D eigenvalue weighted by Gasteiger charge is 2.36. The molecule has 29 heavy (non-hydrogen) atoms. The second-order valence-corrected chi connectivity index (χ2v) is 7.34. The molecule has 0 radical (unpaired) electrons. The molecule has 0 bridgehead atoms. The lowest BCUT2D eigenvalue weighted by molar-refractivity contribution is -0.142. The molecule has 2 amide bonds. The van der Waals surface area contributed by atoms with Crippen LogP contribution in [0.1, 0.15) is 31.2 Å². The molecule has 1 unspecified atom stereocenters. The Morgan fingerprint density at radius 2 is 2.00 bits per heavy atom. The molecule has 2 atom stereocenters. The predicted octanol–water partition coefficient (Wildman–Crippen LogP) is 0.392. The van der Waals surface area contributed by atoms with Gasteiger partial charge in [-0.25, -0.2) is 4.39 Å². The molecule has 0 saturated carbocycles. The van der Waals surface area contributed by atoms with Crippen LogP contribution in [0.5, 0.6) is 0 Å². The van der Waals surface area contributed by atoms with Crippen molar-refractivity contribution in [2.24, 2.45) is 0 Å². The first kappa shape index (κ1) is 21.0. The molecule has 0 aromatic heterocycles. The van der Waals surface area contributed by atoms with Crippen molar-refractivity contribution in [1.82, 2.24) is 10.2 Å². The SMILES string of the molecule is CC(=O)NCC1C[C@H](c2ccc(N3CCN(C(=O)CCO)CC3)c(F)c2)C(=O)O1. The van der Waals surface area contributed by atoms with Crippen LogP contribution >= 0.6 is 0 Å². The molecule has 158 valence electrons. The van der Waals surface area contributed by atoms with E-state index >= 15 is 0 Å². The first-order valence-corrected chi connectivity index (χ1v) is 9.77. The third kappa shape index (κ3) is 5.03. The number of amides is 2. The van der Waals surface area contributed by atoms with Crippen molar-refractivity contribution in [2.45, 2.75) is 31.8 Å². The summed E-state index contributed by atoms with van der Waals surface area (Å²) >= 11 is 0. The summed E-state index contributed by atoms with van der Waals surface area (Å²) in [7, 11) is 0. The van der Waals surface area contributed by atoms with Crippen LogP contribution in [0.15, 0.2) is 18.2 Å². The highest BCUT2D eigenvalue weighted by atomic mass is 19.1. The standard InChI is InChI=1S/C20H26FN3O5/c1-13(26)22-12-15-11-16(20(28)29-15)14-2-3-18(17(21)10-14)23-5-7-24(8-6-23)19(27)4-9-25/h2-3,10,15-16,25H,4-9,11-12H2,1H3,(H,22,26)/t15?,16-/m1/s1. The third-order valence-electron chi connectivity index (χ3n) is 5.32. The average molecular weight is 407 g/mol. The maximum absolute atomic E-state index is 14.8. The molecule has 2 heterocycles. The van der Waals surface area contributed by atoms with E-state index in [0.717, 1.165) is 0 Å². The van der Waals surface area contributed by atoms with Gasteiger partial charge in [-0.05, 0) is 17.7 Å². The van der Waals surface area contributed by atoms with E-state index < -0.39 is 23.8 Å². The fraction of sp³-hybridized carbons (Fsp3) is 0.550. The van der Waals surface area contributed by atoms with Crippen molar-refractivity contribution < 1.29 is 28.6 Å². The summed E-state index contributed by atoms with van der Waals surface area (Å²) in [5, 5.41) is 11.5. The Balaban J connectivity index is 1.62. The van der Waals surface area contributed by atoms with E-state index in [-0.39, 0.29) is 31.4 Å². The second kappa shape index (κ2) is 9.21. The Labute approximate surface area is 168 Å². The summed E-state index contributed by atoms with van der Waals surface area (Å²) in [5.41, 5.74) is 0.988. The summed E-state index contributed by atoms with van der Waals surface area (Å²) in [5.74, 6) is -1.68. The van der Waals surface area contributed by atoms with Gasteiger partial charge < -0.3 is 25.0 Å². The van der Waals surface area contributed by atoms with Gasteiger partial charge in [0.15, 0.2) is 0 Å². The van der Waals surface area contributed by atoms with Crippen LogP contribution < -0.4 is 10.2 Å². The summed E-state index contributed by atoms with van der Waals surface area (Å²) in [4.78, 5) is 38.6. The number of anilines is 1. The number of nitrogens with zero attached hydrogens (tertiary/aromatic N) is 2.